The first-order valence-electron chi connectivity index (χ1n) is 8.82. The first kappa shape index (κ1) is 16.2. The fourth-order valence-electron chi connectivity index (χ4n) is 4.40. The van der Waals surface area contributed by atoms with Gasteiger partial charge in [0.05, 0.1) is 6.10 Å². The molecule has 0 radical (unpaired) electrons. The van der Waals surface area contributed by atoms with Gasteiger partial charge in [-0.25, -0.2) is 0 Å². The van der Waals surface area contributed by atoms with Gasteiger partial charge in [-0.1, -0.05) is 36.8 Å². The summed E-state index contributed by atoms with van der Waals surface area (Å²) in [6.45, 7) is 10.7. The number of hydrogen-bond acceptors (Lipinski definition) is 3. The third kappa shape index (κ3) is 2.46. The van der Waals surface area contributed by atoms with E-state index in [2.05, 4.69) is 45.5 Å². The number of benzene rings is 2. The number of aliphatic hydroxyl groups is 1. The third-order valence-corrected chi connectivity index (χ3v) is 5.75. The molecule has 0 saturated heterocycles. The molecule has 0 amide bonds. The van der Waals surface area contributed by atoms with Gasteiger partial charge in [-0.15, -0.1) is 6.58 Å². The molecule has 0 aromatic heterocycles. The lowest BCUT2D eigenvalue weighted by Crippen LogP contribution is -2.31. The van der Waals surface area contributed by atoms with Gasteiger partial charge in [0.25, 0.3) is 0 Å². The maximum atomic E-state index is 10.9. The fourth-order valence-corrected chi connectivity index (χ4v) is 4.40. The quantitative estimate of drug-likeness (QED) is 0.811. The highest BCUT2D eigenvalue weighted by atomic mass is 16.7. The van der Waals surface area contributed by atoms with Gasteiger partial charge in [-0.3, -0.25) is 0 Å². The smallest absolute Gasteiger partial charge is 0.231 e. The summed E-state index contributed by atoms with van der Waals surface area (Å²) in [4.78, 5) is 0. The zero-order valence-electron chi connectivity index (χ0n) is 15.0. The zero-order valence-corrected chi connectivity index (χ0v) is 15.0. The van der Waals surface area contributed by atoms with Crippen LogP contribution in [-0.2, 0) is 0 Å². The lowest BCUT2D eigenvalue weighted by atomic mass is 9.65. The van der Waals surface area contributed by atoms with Gasteiger partial charge in [0.1, 0.15) is 0 Å². The van der Waals surface area contributed by atoms with E-state index in [0.717, 1.165) is 22.6 Å². The Labute approximate surface area is 148 Å². The molecule has 1 N–H and O–H groups in total. The summed E-state index contributed by atoms with van der Waals surface area (Å²) in [6, 6.07) is 10.6. The number of fused-ring (bicyclic) bond motifs is 2. The van der Waals surface area contributed by atoms with Gasteiger partial charge < -0.3 is 14.6 Å². The molecule has 0 spiro atoms. The van der Waals surface area contributed by atoms with Crippen molar-refractivity contribution in [3.05, 3.63) is 70.8 Å². The Morgan fingerprint density at radius 3 is 2.36 bits per heavy atom. The molecule has 1 aliphatic carbocycles. The maximum Gasteiger partial charge on any atom is 0.231 e. The second kappa shape index (κ2) is 5.92. The molecule has 1 heterocycles. The topological polar surface area (TPSA) is 38.7 Å². The molecule has 1 aliphatic heterocycles. The number of hydrogen-bond donors (Lipinski definition) is 1. The SMILES string of the molecule is C=C[C@H]1[C@H](c2ccc(C)cc2C)c2cc3c(cc2[C@@H](O)[C@H]1C)OCO3. The molecule has 0 fully saturated rings. The molecular weight excluding hydrogens is 312 g/mol. The first-order chi connectivity index (χ1) is 12.0. The van der Waals surface area contributed by atoms with Gasteiger partial charge >= 0.3 is 0 Å². The van der Waals surface area contributed by atoms with E-state index in [1.165, 1.54) is 16.7 Å². The van der Waals surface area contributed by atoms with Crippen LogP contribution in [-0.4, -0.2) is 11.9 Å². The van der Waals surface area contributed by atoms with E-state index >= 15 is 0 Å². The Balaban J connectivity index is 1.95. The lowest BCUT2D eigenvalue weighted by molar-refractivity contribution is 0.0773. The van der Waals surface area contributed by atoms with Crippen LogP contribution in [0.4, 0.5) is 0 Å². The average Bonchev–Trinajstić information content (AvgIpc) is 3.04. The van der Waals surface area contributed by atoms with Crippen LogP contribution >= 0.6 is 0 Å². The molecule has 3 heteroatoms. The van der Waals surface area contributed by atoms with Crippen LogP contribution in [0.1, 0.15) is 46.8 Å². The molecular formula is C22H24O3. The second-order valence-electron chi connectivity index (χ2n) is 7.29. The van der Waals surface area contributed by atoms with Crippen LogP contribution in [0, 0.1) is 25.7 Å². The van der Waals surface area contributed by atoms with E-state index in [1.54, 1.807) is 0 Å². The Bertz CT molecular complexity index is 839. The minimum Gasteiger partial charge on any atom is -0.454 e. The van der Waals surface area contributed by atoms with E-state index in [9.17, 15) is 5.11 Å². The molecule has 2 aromatic rings. The summed E-state index contributed by atoms with van der Waals surface area (Å²) in [6.07, 6.45) is 1.46. The summed E-state index contributed by atoms with van der Waals surface area (Å²) < 4.78 is 11.1. The highest BCUT2D eigenvalue weighted by Crippen LogP contribution is 2.52. The van der Waals surface area contributed by atoms with Crippen molar-refractivity contribution < 1.29 is 14.6 Å². The molecule has 4 rings (SSSR count). The Hall–Kier alpha value is -2.26. The Morgan fingerprint density at radius 2 is 1.72 bits per heavy atom. The number of rotatable bonds is 2. The summed E-state index contributed by atoms with van der Waals surface area (Å²) in [5.74, 6) is 1.88. The van der Waals surface area contributed by atoms with Gasteiger partial charge in [0, 0.05) is 5.92 Å². The summed E-state index contributed by atoms with van der Waals surface area (Å²) in [5, 5.41) is 10.9. The molecule has 0 unspecified atom stereocenters. The fraction of sp³-hybridized carbons (Fsp3) is 0.364. The van der Waals surface area contributed by atoms with Crippen LogP contribution in [0.15, 0.2) is 43.0 Å². The van der Waals surface area contributed by atoms with Crippen LogP contribution in [0.25, 0.3) is 0 Å². The van der Waals surface area contributed by atoms with Crippen LogP contribution in [0.5, 0.6) is 11.5 Å². The van der Waals surface area contributed by atoms with Gasteiger partial charge in [-0.2, -0.15) is 0 Å². The molecule has 0 saturated carbocycles. The predicted molar refractivity (Wildman–Crippen MR) is 98.1 cm³/mol. The zero-order chi connectivity index (χ0) is 17.7. The maximum absolute atomic E-state index is 10.9. The van der Waals surface area contributed by atoms with Crippen LogP contribution < -0.4 is 9.47 Å². The van der Waals surface area contributed by atoms with E-state index in [4.69, 9.17) is 9.47 Å². The van der Waals surface area contributed by atoms with Crippen molar-refractivity contribution in [2.75, 3.05) is 6.79 Å². The van der Waals surface area contributed by atoms with Crippen LogP contribution in [0.2, 0.25) is 0 Å². The largest absolute Gasteiger partial charge is 0.454 e. The second-order valence-corrected chi connectivity index (χ2v) is 7.29. The highest BCUT2D eigenvalue weighted by Gasteiger charge is 2.40. The minimum atomic E-state index is -0.533. The first-order valence-corrected chi connectivity index (χ1v) is 8.82. The molecule has 2 aromatic carbocycles. The van der Waals surface area contributed by atoms with Gasteiger partial charge in [0.2, 0.25) is 6.79 Å². The Kier molecular flexibility index (Phi) is 3.84. The van der Waals surface area contributed by atoms with Gasteiger partial charge in [0.15, 0.2) is 11.5 Å². The monoisotopic (exact) mass is 336 g/mol. The third-order valence-electron chi connectivity index (χ3n) is 5.75. The van der Waals surface area contributed by atoms with Crippen LogP contribution in [0.3, 0.4) is 0 Å². The number of allylic oxidation sites excluding steroid dienone is 1. The van der Waals surface area contributed by atoms with Crippen molar-refractivity contribution in [1.29, 1.82) is 0 Å². The standard InChI is InChI=1S/C22H24O3/c1-5-15-14(4)22(23)18-10-20-19(24-11-25-20)9-17(18)21(15)16-7-6-12(2)8-13(16)3/h5-10,14-15,21-23H,1,11H2,2-4H3/t14-,15+,21+,22-/m0/s1. The molecule has 2 aliphatic rings. The minimum absolute atomic E-state index is 0.0797. The average molecular weight is 336 g/mol. The van der Waals surface area contributed by atoms with Crippen molar-refractivity contribution in [1.82, 2.24) is 0 Å². The van der Waals surface area contributed by atoms with Crippen molar-refractivity contribution in [2.24, 2.45) is 11.8 Å². The number of aryl methyl sites for hydroxylation is 2. The lowest BCUT2D eigenvalue weighted by Gasteiger charge is -2.40. The molecule has 3 nitrogen and oxygen atoms in total. The van der Waals surface area contributed by atoms with Crippen molar-refractivity contribution in [3.8, 4) is 11.5 Å². The van der Waals surface area contributed by atoms with Crippen molar-refractivity contribution in [3.63, 3.8) is 0 Å². The number of ether oxygens (including phenoxy) is 2. The summed E-state index contributed by atoms with van der Waals surface area (Å²) in [5.41, 5.74) is 5.87. The predicted octanol–water partition coefficient (Wildman–Crippen LogP) is 4.65. The molecule has 130 valence electrons. The summed E-state index contributed by atoms with van der Waals surface area (Å²) >= 11 is 0. The van der Waals surface area contributed by atoms with E-state index in [-0.39, 0.29) is 24.5 Å². The van der Waals surface area contributed by atoms with E-state index < -0.39 is 6.10 Å². The van der Waals surface area contributed by atoms with E-state index in [1.807, 2.05) is 18.2 Å². The van der Waals surface area contributed by atoms with Crippen molar-refractivity contribution >= 4 is 0 Å². The molecule has 25 heavy (non-hydrogen) atoms. The van der Waals surface area contributed by atoms with Gasteiger partial charge in [-0.05, 0) is 60.1 Å². The van der Waals surface area contributed by atoms with Crippen molar-refractivity contribution in [2.45, 2.75) is 32.8 Å². The Morgan fingerprint density at radius 1 is 1.04 bits per heavy atom. The number of aliphatic hydroxyl groups excluding tert-OH is 1. The molecule has 0 bridgehead atoms. The highest BCUT2D eigenvalue weighted by molar-refractivity contribution is 5.55. The van der Waals surface area contributed by atoms with E-state index in [0.29, 0.717) is 0 Å². The molecule has 4 atom stereocenters. The normalized spacial score (nSPS) is 27.0. The summed E-state index contributed by atoms with van der Waals surface area (Å²) in [7, 11) is 0.